The standard InChI is InChI=1S/C22H27N3O/c1-24-14-11-19-15-18(9-10-20(19)24)21(25-12-5-6-13-25)16-23-22(26)17-7-3-2-4-8-17/h2-4,7-10,15,21H,5-6,11-14,16H2,1H3,(H,23,26). The molecule has 0 bridgehead atoms. The van der Waals surface area contributed by atoms with Gasteiger partial charge >= 0.3 is 0 Å². The molecule has 1 amide bonds. The summed E-state index contributed by atoms with van der Waals surface area (Å²) in [6.07, 6.45) is 3.61. The first kappa shape index (κ1) is 17.1. The molecule has 136 valence electrons. The first-order valence-electron chi connectivity index (χ1n) is 9.63. The normalized spacial score (nSPS) is 18.0. The first-order valence-corrected chi connectivity index (χ1v) is 9.63. The molecule has 0 aliphatic carbocycles. The van der Waals surface area contributed by atoms with Crippen LogP contribution in [0.25, 0.3) is 0 Å². The zero-order valence-corrected chi connectivity index (χ0v) is 15.4. The summed E-state index contributed by atoms with van der Waals surface area (Å²) in [7, 11) is 2.16. The van der Waals surface area contributed by atoms with Gasteiger partial charge in [0.2, 0.25) is 0 Å². The number of amides is 1. The number of fused-ring (bicyclic) bond motifs is 1. The van der Waals surface area contributed by atoms with E-state index >= 15 is 0 Å². The van der Waals surface area contributed by atoms with E-state index < -0.39 is 0 Å². The van der Waals surface area contributed by atoms with Gasteiger partial charge in [-0.25, -0.2) is 0 Å². The summed E-state index contributed by atoms with van der Waals surface area (Å²) < 4.78 is 0. The number of nitrogens with zero attached hydrogens (tertiary/aromatic N) is 2. The van der Waals surface area contributed by atoms with E-state index in [4.69, 9.17) is 0 Å². The van der Waals surface area contributed by atoms with Crippen LogP contribution in [0.3, 0.4) is 0 Å². The summed E-state index contributed by atoms with van der Waals surface area (Å²) in [5, 5.41) is 3.16. The number of anilines is 1. The summed E-state index contributed by atoms with van der Waals surface area (Å²) in [4.78, 5) is 17.3. The van der Waals surface area contributed by atoms with E-state index in [9.17, 15) is 4.79 Å². The molecular formula is C22H27N3O. The van der Waals surface area contributed by atoms with E-state index in [1.165, 1.54) is 29.7 Å². The predicted molar refractivity (Wildman–Crippen MR) is 106 cm³/mol. The predicted octanol–water partition coefficient (Wildman–Crippen LogP) is 3.25. The number of hydrogen-bond acceptors (Lipinski definition) is 3. The van der Waals surface area contributed by atoms with Crippen LogP contribution in [0.1, 0.15) is 40.4 Å². The van der Waals surface area contributed by atoms with Crippen molar-refractivity contribution in [3.05, 3.63) is 65.2 Å². The molecule has 2 aliphatic rings. The van der Waals surface area contributed by atoms with E-state index in [1.54, 1.807) is 0 Å². The minimum atomic E-state index is 0.00990. The lowest BCUT2D eigenvalue weighted by Crippen LogP contribution is -2.36. The lowest BCUT2D eigenvalue weighted by atomic mass is 10.0. The third kappa shape index (κ3) is 3.47. The maximum Gasteiger partial charge on any atom is 0.251 e. The summed E-state index contributed by atoms with van der Waals surface area (Å²) in [5.74, 6) is 0.00990. The molecule has 1 unspecified atom stereocenters. The Kier molecular flexibility index (Phi) is 4.93. The fourth-order valence-electron chi connectivity index (χ4n) is 4.19. The van der Waals surface area contributed by atoms with E-state index in [1.807, 2.05) is 30.3 Å². The Labute approximate surface area is 155 Å². The van der Waals surface area contributed by atoms with Crippen LogP contribution < -0.4 is 10.2 Å². The van der Waals surface area contributed by atoms with Crippen LogP contribution in [0.5, 0.6) is 0 Å². The number of nitrogens with one attached hydrogen (secondary N) is 1. The van der Waals surface area contributed by atoms with Gasteiger partial charge in [0.1, 0.15) is 0 Å². The highest BCUT2D eigenvalue weighted by molar-refractivity contribution is 5.94. The lowest BCUT2D eigenvalue weighted by Gasteiger charge is -2.29. The Bertz CT molecular complexity index is 768. The third-order valence-electron chi connectivity index (χ3n) is 5.69. The second kappa shape index (κ2) is 7.50. The molecule has 4 rings (SSSR count). The zero-order chi connectivity index (χ0) is 17.9. The van der Waals surface area contributed by atoms with Crippen LogP contribution >= 0.6 is 0 Å². The van der Waals surface area contributed by atoms with E-state index in [0.29, 0.717) is 6.54 Å². The molecule has 2 aromatic rings. The number of carbonyl (C=O) groups is 1. The molecule has 0 aromatic heterocycles. The van der Waals surface area contributed by atoms with Crippen molar-refractivity contribution < 1.29 is 4.79 Å². The molecule has 1 atom stereocenters. The number of benzene rings is 2. The van der Waals surface area contributed by atoms with Crippen molar-refractivity contribution in [1.82, 2.24) is 10.2 Å². The topological polar surface area (TPSA) is 35.6 Å². The smallest absolute Gasteiger partial charge is 0.251 e. The Morgan fingerprint density at radius 1 is 1.08 bits per heavy atom. The third-order valence-corrected chi connectivity index (χ3v) is 5.69. The average molecular weight is 349 g/mol. The number of carbonyl (C=O) groups excluding carboxylic acids is 1. The second-order valence-electron chi connectivity index (χ2n) is 7.39. The van der Waals surface area contributed by atoms with Gasteiger partial charge < -0.3 is 10.2 Å². The van der Waals surface area contributed by atoms with E-state index in [2.05, 4.69) is 40.4 Å². The van der Waals surface area contributed by atoms with Crippen LogP contribution in [0.2, 0.25) is 0 Å². The molecule has 0 saturated carbocycles. The zero-order valence-electron chi connectivity index (χ0n) is 15.4. The lowest BCUT2D eigenvalue weighted by molar-refractivity contribution is 0.0938. The van der Waals surface area contributed by atoms with E-state index in [-0.39, 0.29) is 11.9 Å². The van der Waals surface area contributed by atoms with Gasteiger partial charge in [-0.1, -0.05) is 30.3 Å². The monoisotopic (exact) mass is 349 g/mol. The Balaban J connectivity index is 1.52. The molecule has 1 saturated heterocycles. The second-order valence-corrected chi connectivity index (χ2v) is 7.39. The van der Waals surface area contributed by atoms with Gasteiger partial charge in [0.25, 0.3) is 5.91 Å². The van der Waals surface area contributed by atoms with Crippen molar-refractivity contribution >= 4 is 11.6 Å². The molecule has 0 radical (unpaired) electrons. The van der Waals surface area contributed by atoms with Gasteiger partial charge in [-0.3, -0.25) is 9.69 Å². The van der Waals surface area contributed by atoms with Crippen molar-refractivity contribution in [1.29, 1.82) is 0 Å². The largest absolute Gasteiger partial charge is 0.374 e. The molecule has 26 heavy (non-hydrogen) atoms. The summed E-state index contributed by atoms with van der Waals surface area (Å²) in [5.41, 5.74) is 4.84. The Morgan fingerprint density at radius 3 is 2.62 bits per heavy atom. The molecule has 1 fully saturated rings. The fourth-order valence-corrected chi connectivity index (χ4v) is 4.19. The minimum Gasteiger partial charge on any atom is -0.374 e. The van der Waals surface area contributed by atoms with Gasteiger partial charge in [0, 0.05) is 31.4 Å². The highest BCUT2D eigenvalue weighted by Crippen LogP contribution is 2.32. The van der Waals surface area contributed by atoms with Crippen LogP contribution in [0.4, 0.5) is 5.69 Å². The fraction of sp³-hybridized carbons (Fsp3) is 0.409. The highest BCUT2D eigenvalue weighted by Gasteiger charge is 2.26. The number of likely N-dealkylation sites (tertiary alicyclic amines) is 1. The Hall–Kier alpha value is -2.33. The van der Waals surface area contributed by atoms with Crippen molar-refractivity contribution in [3.63, 3.8) is 0 Å². The van der Waals surface area contributed by atoms with Gasteiger partial charge in [0.05, 0.1) is 6.04 Å². The number of rotatable bonds is 5. The van der Waals surface area contributed by atoms with Crippen molar-refractivity contribution in [3.8, 4) is 0 Å². The molecule has 2 heterocycles. The van der Waals surface area contributed by atoms with Gasteiger partial charge in [-0.05, 0) is 61.7 Å². The average Bonchev–Trinajstić information content (AvgIpc) is 3.33. The number of hydrogen-bond donors (Lipinski definition) is 1. The first-order chi connectivity index (χ1) is 12.7. The van der Waals surface area contributed by atoms with Gasteiger partial charge in [-0.2, -0.15) is 0 Å². The van der Waals surface area contributed by atoms with Gasteiger partial charge in [-0.15, -0.1) is 0 Å². The number of likely N-dealkylation sites (N-methyl/N-ethyl adjacent to an activating group) is 1. The highest BCUT2D eigenvalue weighted by atomic mass is 16.1. The van der Waals surface area contributed by atoms with Crippen LogP contribution in [0, 0.1) is 0 Å². The molecule has 2 aliphatic heterocycles. The molecular weight excluding hydrogens is 322 g/mol. The van der Waals surface area contributed by atoms with Crippen LogP contribution in [-0.4, -0.2) is 44.0 Å². The van der Waals surface area contributed by atoms with Crippen LogP contribution in [0.15, 0.2) is 48.5 Å². The maximum absolute atomic E-state index is 12.5. The molecule has 0 spiro atoms. The quantitative estimate of drug-likeness (QED) is 0.900. The van der Waals surface area contributed by atoms with Gasteiger partial charge in [0.15, 0.2) is 0 Å². The van der Waals surface area contributed by atoms with Crippen molar-refractivity contribution in [2.75, 3.05) is 38.1 Å². The maximum atomic E-state index is 12.5. The van der Waals surface area contributed by atoms with Crippen molar-refractivity contribution in [2.24, 2.45) is 0 Å². The van der Waals surface area contributed by atoms with Crippen LogP contribution in [-0.2, 0) is 6.42 Å². The summed E-state index contributed by atoms with van der Waals surface area (Å²) >= 11 is 0. The molecule has 4 heteroatoms. The SMILES string of the molecule is CN1CCc2cc(C(CNC(=O)c3ccccc3)N3CCCC3)ccc21. The summed E-state index contributed by atoms with van der Waals surface area (Å²) in [6.45, 7) is 3.98. The summed E-state index contributed by atoms with van der Waals surface area (Å²) in [6, 6.07) is 16.6. The molecule has 2 aromatic carbocycles. The molecule has 1 N–H and O–H groups in total. The van der Waals surface area contributed by atoms with E-state index in [0.717, 1.165) is 31.6 Å². The Morgan fingerprint density at radius 2 is 1.85 bits per heavy atom. The minimum absolute atomic E-state index is 0.00990. The molecule has 4 nitrogen and oxygen atoms in total. The van der Waals surface area contributed by atoms with Crippen molar-refractivity contribution in [2.45, 2.75) is 25.3 Å².